The highest BCUT2D eigenvalue weighted by molar-refractivity contribution is 7.16. The van der Waals surface area contributed by atoms with E-state index in [1.165, 1.54) is 50.3 Å². The summed E-state index contributed by atoms with van der Waals surface area (Å²) in [4.78, 5) is 15.5. The smallest absolute Gasteiger partial charge is 0.165 e. The number of rotatable bonds is 8. The molecule has 7 heteroatoms. The predicted molar refractivity (Wildman–Crippen MR) is 117 cm³/mol. The zero-order valence-corrected chi connectivity index (χ0v) is 18.5. The molecule has 0 amide bonds. The molecule has 0 unspecified atom stereocenters. The van der Waals surface area contributed by atoms with Gasteiger partial charge in [0.25, 0.3) is 0 Å². The number of hydrogen-bond acceptors (Lipinski definition) is 6. The lowest BCUT2D eigenvalue weighted by Gasteiger charge is -2.02. The molecule has 0 aliphatic heterocycles. The van der Waals surface area contributed by atoms with Crippen LogP contribution < -0.4 is 15.8 Å². The van der Waals surface area contributed by atoms with Crippen LogP contribution in [0.25, 0.3) is 10.6 Å². The largest absolute Gasteiger partial charge is 0.494 e. The number of aromatic nitrogens is 1. The topological polar surface area (TPSA) is 77.2 Å². The summed E-state index contributed by atoms with van der Waals surface area (Å²) in [6, 6.07) is 4.61. The molecule has 1 aromatic carbocycles. The molecule has 0 aliphatic carbocycles. The number of ether oxygens (including phenoxy) is 1. The quantitative estimate of drug-likeness (QED) is 0.480. The molecule has 0 spiro atoms. The van der Waals surface area contributed by atoms with Crippen LogP contribution in [0.5, 0.6) is 5.75 Å². The van der Waals surface area contributed by atoms with E-state index in [1.54, 1.807) is 19.1 Å². The highest BCUT2D eigenvalue weighted by Crippen LogP contribution is 2.29. The Balaban J connectivity index is 0.000000553. The summed E-state index contributed by atoms with van der Waals surface area (Å²) in [5, 5.41) is 3.73. The Morgan fingerprint density at radius 1 is 1.29 bits per heavy atom. The van der Waals surface area contributed by atoms with Gasteiger partial charge < -0.3 is 15.8 Å². The monoisotopic (exact) mass is 411 g/mol. The van der Waals surface area contributed by atoms with Crippen LogP contribution in [0.15, 0.2) is 18.2 Å². The van der Waals surface area contributed by atoms with E-state index in [4.69, 9.17) is 10.5 Å². The van der Waals surface area contributed by atoms with Gasteiger partial charge >= 0.3 is 0 Å². The molecule has 2 rings (SSSR count). The predicted octanol–water partition coefficient (Wildman–Crippen LogP) is 4.83. The van der Waals surface area contributed by atoms with Gasteiger partial charge in [0.05, 0.1) is 17.7 Å². The van der Waals surface area contributed by atoms with Gasteiger partial charge in [0, 0.05) is 5.56 Å². The number of unbranched alkanes of at least 4 members (excludes halogenated alkanes) is 2. The van der Waals surface area contributed by atoms with Crippen molar-refractivity contribution in [3.8, 4) is 16.3 Å². The minimum absolute atomic E-state index is 0.192. The lowest BCUT2D eigenvalue weighted by molar-refractivity contribution is 0.112. The maximum atomic E-state index is 13.5. The Morgan fingerprint density at radius 2 is 1.96 bits per heavy atom. The first-order valence-corrected chi connectivity index (χ1v) is 10.4. The number of nitrogens with two attached hydrogens (primary N) is 1. The lowest BCUT2D eigenvalue weighted by Crippen LogP contribution is -2.06. The van der Waals surface area contributed by atoms with Crippen molar-refractivity contribution in [1.29, 1.82) is 0 Å². The van der Waals surface area contributed by atoms with Crippen molar-refractivity contribution in [2.75, 3.05) is 27.2 Å². The fourth-order valence-electron chi connectivity index (χ4n) is 1.99. The van der Waals surface area contributed by atoms with Gasteiger partial charge in [0.1, 0.15) is 5.01 Å². The summed E-state index contributed by atoms with van der Waals surface area (Å²) < 4.78 is 18.3. The third kappa shape index (κ3) is 9.92. The van der Waals surface area contributed by atoms with Crippen LogP contribution in [-0.2, 0) is 0 Å². The van der Waals surface area contributed by atoms with Crippen molar-refractivity contribution in [1.82, 2.24) is 10.3 Å². The second kappa shape index (κ2) is 16.2. The minimum Gasteiger partial charge on any atom is -0.494 e. The fourth-order valence-corrected chi connectivity index (χ4v) is 2.87. The Morgan fingerprint density at radius 3 is 2.39 bits per heavy atom. The molecule has 28 heavy (non-hydrogen) atoms. The van der Waals surface area contributed by atoms with Gasteiger partial charge in [-0.2, -0.15) is 0 Å². The van der Waals surface area contributed by atoms with Gasteiger partial charge in [-0.05, 0) is 58.1 Å². The van der Waals surface area contributed by atoms with Crippen LogP contribution >= 0.6 is 11.3 Å². The molecular weight excluding hydrogens is 377 g/mol. The number of nitrogens with one attached hydrogen (secondary N) is 1. The first kappa shape index (κ1) is 26.2. The average Bonchev–Trinajstić information content (AvgIpc) is 3.10. The van der Waals surface area contributed by atoms with E-state index in [1.807, 2.05) is 7.05 Å². The van der Waals surface area contributed by atoms with Gasteiger partial charge in [-0.15, -0.1) is 11.3 Å². The normalized spacial score (nSPS) is 9.68. The van der Waals surface area contributed by atoms with E-state index in [-0.39, 0.29) is 5.75 Å². The molecule has 0 atom stereocenters. The number of methoxy groups -OCH3 is 1. The maximum absolute atomic E-state index is 13.5. The maximum Gasteiger partial charge on any atom is 0.165 e. The number of benzene rings is 1. The van der Waals surface area contributed by atoms with Crippen LogP contribution in [0.1, 0.15) is 54.9 Å². The van der Waals surface area contributed by atoms with Crippen LogP contribution in [-0.4, -0.2) is 38.5 Å². The van der Waals surface area contributed by atoms with Crippen molar-refractivity contribution in [2.45, 2.75) is 46.5 Å². The summed E-state index contributed by atoms with van der Waals surface area (Å²) in [5.41, 5.74) is 6.33. The molecule has 0 radical (unpaired) electrons. The van der Waals surface area contributed by atoms with Gasteiger partial charge in [-0.25, -0.2) is 9.37 Å². The second-order valence-corrected chi connectivity index (χ2v) is 7.07. The number of carbonyl (C=O) groups excluding carboxylic acids is 1. The zero-order valence-electron chi connectivity index (χ0n) is 17.7. The summed E-state index contributed by atoms with van der Waals surface area (Å²) in [7, 11) is 3.41. The van der Waals surface area contributed by atoms with E-state index in [2.05, 4.69) is 24.1 Å². The molecular formula is C21H34FN3O2S. The molecule has 0 aliphatic rings. The first-order chi connectivity index (χ1) is 13.5. The van der Waals surface area contributed by atoms with Crippen LogP contribution in [0.4, 0.5) is 4.39 Å². The number of hydrogen-bond donors (Lipinski definition) is 2. The minimum atomic E-state index is -0.439. The number of nitrogens with zero attached hydrogens (tertiary/aromatic N) is 1. The average molecular weight is 412 g/mol. The third-order valence-corrected chi connectivity index (χ3v) is 4.79. The molecule has 0 saturated carbocycles. The highest BCUT2D eigenvalue weighted by atomic mass is 32.1. The first-order valence-electron chi connectivity index (χ1n) is 9.60. The Hall–Kier alpha value is -1.83. The Kier molecular flexibility index (Phi) is 15.1. The van der Waals surface area contributed by atoms with Gasteiger partial charge in [-0.1, -0.05) is 26.7 Å². The van der Waals surface area contributed by atoms with Crippen LogP contribution in [0.2, 0.25) is 0 Å². The molecule has 158 valence electrons. The Labute approximate surface area is 172 Å². The molecule has 1 heterocycles. The molecule has 1 aromatic heterocycles. The zero-order chi connectivity index (χ0) is 21.4. The molecule has 0 bridgehead atoms. The lowest BCUT2D eigenvalue weighted by atomic mass is 10.2. The summed E-state index contributed by atoms with van der Waals surface area (Å²) in [6.07, 6.45) is 5.87. The van der Waals surface area contributed by atoms with E-state index < -0.39 is 5.82 Å². The molecule has 0 saturated heterocycles. The van der Waals surface area contributed by atoms with E-state index in [0.29, 0.717) is 21.1 Å². The van der Waals surface area contributed by atoms with Gasteiger partial charge in [-0.3, -0.25) is 4.79 Å². The number of aryl methyl sites for hydroxylation is 1. The Bertz CT molecular complexity index is 672. The van der Waals surface area contributed by atoms with Crippen molar-refractivity contribution >= 4 is 17.6 Å². The molecule has 3 N–H and O–H groups in total. The summed E-state index contributed by atoms with van der Waals surface area (Å²) in [5.74, 6) is -0.247. The second-order valence-electron chi connectivity index (χ2n) is 6.04. The summed E-state index contributed by atoms with van der Waals surface area (Å²) >= 11 is 1.25. The standard InChI is InChI=1S/C12H10FNO2S.C6H15N.C3H9N/c1-7-11(6-15)17-12(14-7)8-3-4-10(16-2)9(13)5-8;1-3-4-5-6-7-2;1-2-3-4/h3-6H,1-2H3;7H,3-6H2,1-2H3;2-4H2,1H3. The SMILES string of the molecule is CCCCCNC.CCCN.COc1ccc(-c2nc(C)c(C=O)s2)cc1F. The van der Waals surface area contributed by atoms with Crippen LogP contribution in [0.3, 0.4) is 0 Å². The number of halogens is 1. The molecule has 5 nitrogen and oxygen atoms in total. The fraction of sp³-hybridized carbons (Fsp3) is 0.524. The van der Waals surface area contributed by atoms with Crippen molar-refractivity contribution in [3.63, 3.8) is 0 Å². The van der Waals surface area contributed by atoms with Gasteiger partial charge in [0.2, 0.25) is 0 Å². The number of thiazole rings is 1. The van der Waals surface area contributed by atoms with Crippen molar-refractivity contribution < 1.29 is 13.9 Å². The third-order valence-electron chi connectivity index (χ3n) is 3.66. The molecule has 0 fully saturated rings. The highest BCUT2D eigenvalue weighted by Gasteiger charge is 2.11. The van der Waals surface area contributed by atoms with E-state index in [9.17, 15) is 9.18 Å². The van der Waals surface area contributed by atoms with Gasteiger partial charge in [0.15, 0.2) is 17.9 Å². The van der Waals surface area contributed by atoms with E-state index >= 15 is 0 Å². The number of aldehydes is 1. The van der Waals surface area contributed by atoms with Crippen LogP contribution in [0, 0.1) is 12.7 Å². The van der Waals surface area contributed by atoms with E-state index in [0.717, 1.165) is 19.3 Å². The van der Waals surface area contributed by atoms with Crippen molar-refractivity contribution in [3.05, 3.63) is 34.6 Å². The summed E-state index contributed by atoms with van der Waals surface area (Å²) in [6.45, 7) is 8.02. The van der Waals surface area contributed by atoms with Crippen molar-refractivity contribution in [2.24, 2.45) is 5.73 Å². The molecule has 2 aromatic rings. The number of carbonyl (C=O) groups is 1.